The number of ether oxygens (including phenoxy) is 1. The first-order chi connectivity index (χ1) is 9.08. The zero-order valence-corrected chi connectivity index (χ0v) is 10.4. The summed E-state index contributed by atoms with van der Waals surface area (Å²) in [5.41, 5.74) is -0.862. The van der Waals surface area contributed by atoms with Gasteiger partial charge in [0.1, 0.15) is 18.0 Å². The van der Waals surface area contributed by atoms with Gasteiger partial charge in [0.2, 0.25) is 0 Å². The highest BCUT2D eigenvalue weighted by molar-refractivity contribution is 7.09. The molecule has 19 heavy (non-hydrogen) atoms. The van der Waals surface area contributed by atoms with Crippen LogP contribution in [0.5, 0.6) is 0 Å². The number of thiophene rings is 1. The first-order valence-electron chi connectivity index (χ1n) is 5.21. The summed E-state index contributed by atoms with van der Waals surface area (Å²) >= 11 is 1.39. The largest absolute Gasteiger partial charge is 0.456 e. The van der Waals surface area contributed by atoms with E-state index in [2.05, 4.69) is 0 Å². The molecule has 0 aliphatic heterocycles. The summed E-state index contributed by atoms with van der Waals surface area (Å²) in [5.74, 6) is -1.65. The van der Waals surface area contributed by atoms with Crippen LogP contribution >= 0.6 is 11.3 Å². The fourth-order valence-electron chi connectivity index (χ4n) is 1.44. The van der Waals surface area contributed by atoms with Crippen molar-refractivity contribution < 1.29 is 18.8 Å². The van der Waals surface area contributed by atoms with Crippen LogP contribution in [0, 0.1) is 15.9 Å². The van der Waals surface area contributed by atoms with Gasteiger partial charge < -0.3 is 4.74 Å². The van der Waals surface area contributed by atoms with E-state index in [1.165, 1.54) is 11.3 Å². The molecule has 0 radical (unpaired) electrons. The molecule has 0 atom stereocenters. The van der Waals surface area contributed by atoms with Gasteiger partial charge in [-0.25, -0.2) is 9.18 Å². The zero-order valence-electron chi connectivity index (χ0n) is 9.54. The number of carbonyl (C=O) groups excluding carboxylic acids is 1. The Kier molecular flexibility index (Phi) is 3.86. The average molecular weight is 281 g/mol. The number of carbonyl (C=O) groups is 1. The van der Waals surface area contributed by atoms with Crippen LogP contribution in [-0.4, -0.2) is 10.9 Å². The number of nitro benzene ring substituents is 1. The SMILES string of the molecule is O=C(OCc1cccs1)c1cc(F)ccc1[N+](=O)[O-]. The molecule has 2 aromatic rings. The lowest BCUT2D eigenvalue weighted by molar-refractivity contribution is -0.385. The summed E-state index contributed by atoms with van der Waals surface area (Å²) in [7, 11) is 0. The van der Waals surface area contributed by atoms with E-state index in [0.717, 1.165) is 23.1 Å². The Balaban J connectivity index is 2.18. The maximum Gasteiger partial charge on any atom is 0.345 e. The Morgan fingerprint density at radius 1 is 1.42 bits per heavy atom. The molecule has 0 saturated heterocycles. The van der Waals surface area contributed by atoms with Crippen LogP contribution in [0.1, 0.15) is 15.2 Å². The van der Waals surface area contributed by atoms with Gasteiger partial charge in [-0.1, -0.05) is 6.07 Å². The van der Waals surface area contributed by atoms with Crippen LogP contribution in [0.2, 0.25) is 0 Å². The third kappa shape index (κ3) is 3.14. The van der Waals surface area contributed by atoms with Gasteiger partial charge in [-0.05, 0) is 23.6 Å². The monoisotopic (exact) mass is 281 g/mol. The van der Waals surface area contributed by atoms with Crippen molar-refractivity contribution in [1.82, 2.24) is 0 Å². The quantitative estimate of drug-likeness (QED) is 0.490. The maximum atomic E-state index is 13.1. The molecule has 1 heterocycles. The average Bonchev–Trinajstić information content (AvgIpc) is 2.88. The van der Waals surface area contributed by atoms with Gasteiger partial charge in [-0.15, -0.1) is 11.3 Å². The number of nitrogens with zero attached hydrogens (tertiary/aromatic N) is 1. The molecule has 0 bridgehead atoms. The minimum absolute atomic E-state index is 0.00413. The highest BCUT2D eigenvalue weighted by Crippen LogP contribution is 2.21. The van der Waals surface area contributed by atoms with Gasteiger partial charge in [-0.2, -0.15) is 0 Å². The first kappa shape index (κ1) is 13.2. The van der Waals surface area contributed by atoms with Crippen molar-refractivity contribution in [1.29, 1.82) is 0 Å². The highest BCUT2D eigenvalue weighted by atomic mass is 32.1. The number of hydrogen-bond donors (Lipinski definition) is 0. The lowest BCUT2D eigenvalue weighted by Gasteiger charge is -2.04. The normalized spacial score (nSPS) is 10.2. The number of rotatable bonds is 4. The molecule has 7 heteroatoms. The smallest absolute Gasteiger partial charge is 0.345 e. The van der Waals surface area contributed by atoms with Gasteiger partial charge >= 0.3 is 5.97 Å². The molecule has 0 unspecified atom stereocenters. The van der Waals surface area contributed by atoms with Crippen molar-refractivity contribution in [2.75, 3.05) is 0 Å². The van der Waals surface area contributed by atoms with Crippen molar-refractivity contribution >= 4 is 23.0 Å². The van der Waals surface area contributed by atoms with Crippen LogP contribution in [0.25, 0.3) is 0 Å². The van der Waals surface area contributed by atoms with Crippen molar-refractivity contribution in [3.05, 3.63) is 62.1 Å². The number of nitro groups is 1. The molecule has 0 aliphatic carbocycles. The minimum atomic E-state index is -0.917. The maximum absolute atomic E-state index is 13.1. The van der Waals surface area contributed by atoms with Crippen LogP contribution < -0.4 is 0 Å². The topological polar surface area (TPSA) is 69.4 Å². The Hall–Kier alpha value is -2.28. The van der Waals surface area contributed by atoms with Gasteiger partial charge in [0.15, 0.2) is 0 Å². The predicted molar refractivity (Wildman–Crippen MR) is 66.5 cm³/mol. The summed E-state index contributed by atoms with van der Waals surface area (Å²) in [6, 6.07) is 6.22. The molecule has 0 fully saturated rings. The second-order valence-corrected chi connectivity index (χ2v) is 4.61. The van der Waals surface area contributed by atoms with Gasteiger partial charge in [-0.3, -0.25) is 10.1 Å². The molecular weight excluding hydrogens is 273 g/mol. The third-order valence-corrected chi connectivity index (χ3v) is 3.15. The number of hydrogen-bond acceptors (Lipinski definition) is 5. The van der Waals surface area contributed by atoms with Crippen LogP contribution in [-0.2, 0) is 11.3 Å². The molecule has 0 amide bonds. The fourth-order valence-corrected chi connectivity index (χ4v) is 2.06. The van der Waals surface area contributed by atoms with E-state index in [1.807, 2.05) is 5.38 Å². The number of halogens is 1. The Labute approximate surface area is 111 Å². The number of benzene rings is 1. The highest BCUT2D eigenvalue weighted by Gasteiger charge is 2.22. The van der Waals surface area contributed by atoms with E-state index in [1.54, 1.807) is 12.1 Å². The van der Waals surface area contributed by atoms with E-state index >= 15 is 0 Å². The second kappa shape index (κ2) is 5.57. The molecule has 0 aliphatic rings. The van der Waals surface area contributed by atoms with Gasteiger partial charge in [0.25, 0.3) is 5.69 Å². The molecular formula is C12H8FNO4S. The predicted octanol–water partition coefficient (Wildman–Crippen LogP) is 3.15. The lowest BCUT2D eigenvalue weighted by atomic mass is 10.2. The van der Waals surface area contributed by atoms with Gasteiger partial charge in [0, 0.05) is 10.9 Å². The van der Waals surface area contributed by atoms with E-state index < -0.39 is 22.4 Å². The van der Waals surface area contributed by atoms with E-state index in [-0.39, 0.29) is 12.2 Å². The fraction of sp³-hybridized carbons (Fsp3) is 0.0833. The van der Waals surface area contributed by atoms with Crippen LogP contribution in [0.15, 0.2) is 35.7 Å². The molecule has 98 valence electrons. The molecule has 0 N–H and O–H groups in total. The summed E-state index contributed by atoms with van der Waals surface area (Å²) in [4.78, 5) is 22.5. The van der Waals surface area contributed by atoms with E-state index in [9.17, 15) is 19.3 Å². The zero-order chi connectivity index (χ0) is 13.8. The van der Waals surface area contributed by atoms with Gasteiger partial charge in [0.05, 0.1) is 4.92 Å². The van der Waals surface area contributed by atoms with Crippen LogP contribution in [0.4, 0.5) is 10.1 Å². The Morgan fingerprint density at radius 2 is 2.21 bits per heavy atom. The molecule has 2 rings (SSSR count). The standard InChI is InChI=1S/C12H8FNO4S/c13-8-3-4-11(14(16)17)10(6-8)12(15)18-7-9-2-1-5-19-9/h1-6H,7H2. The summed E-state index contributed by atoms with van der Waals surface area (Å²) in [6.45, 7) is 0.00413. The van der Waals surface area contributed by atoms with Crippen molar-refractivity contribution in [3.63, 3.8) is 0 Å². The minimum Gasteiger partial charge on any atom is -0.456 e. The van der Waals surface area contributed by atoms with Crippen molar-refractivity contribution in [2.45, 2.75) is 6.61 Å². The third-order valence-electron chi connectivity index (χ3n) is 2.30. The summed E-state index contributed by atoms with van der Waals surface area (Å²) in [6.07, 6.45) is 0. The molecule has 5 nitrogen and oxygen atoms in total. The Bertz CT molecular complexity index is 612. The van der Waals surface area contributed by atoms with Crippen LogP contribution in [0.3, 0.4) is 0 Å². The lowest BCUT2D eigenvalue weighted by Crippen LogP contribution is -2.08. The Morgan fingerprint density at radius 3 is 2.84 bits per heavy atom. The van der Waals surface area contributed by atoms with E-state index in [0.29, 0.717) is 0 Å². The number of esters is 1. The molecule has 1 aromatic carbocycles. The summed E-state index contributed by atoms with van der Waals surface area (Å²) < 4.78 is 18.0. The molecule has 1 aromatic heterocycles. The van der Waals surface area contributed by atoms with Crippen molar-refractivity contribution in [2.24, 2.45) is 0 Å². The summed E-state index contributed by atoms with van der Waals surface area (Å²) in [5, 5.41) is 12.6. The first-order valence-corrected chi connectivity index (χ1v) is 6.09. The molecule has 0 saturated carbocycles. The van der Waals surface area contributed by atoms with Crippen molar-refractivity contribution in [3.8, 4) is 0 Å². The van der Waals surface area contributed by atoms with E-state index in [4.69, 9.17) is 4.74 Å². The molecule has 0 spiro atoms. The second-order valence-electron chi connectivity index (χ2n) is 3.57.